The lowest BCUT2D eigenvalue weighted by Crippen LogP contribution is -2.29. The van der Waals surface area contributed by atoms with Gasteiger partial charge in [0.15, 0.2) is 0 Å². The Balaban J connectivity index is 1.87. The van der Waals surface area contributed by atoms with E-state index in [4.69, 9.17) is 16.0 Å². The van der Waals surface area contributed by atoms with Gasteiger partial charge in [-0.05, 0) is 29.8 Å². The molecule has 0 radical (unpaired) electrons. The summed E-state index contributed by atoms with van der Waals surface area (Å²) in [4.78, 5) is 11.8. The molecule has 0 saturated heterocycles. The molecule has 1 aromatic carbocycles. The molecule has 1 heterocycles. The highest BCUT2D eigenvalue weighted by atomic mass is 35.5. The van der Waals surface area contributed by atoms with Crippen LogP contribution in [0.15, 0.2) is 41.0 Å². The van der Waals surface area contributed by atoms with Gasteiger partial charge in [-0.1, -0.05) is 17.7 Å². The third-order valence-corrected chi connectivity index (χ3v) is 3.95. The fourth-order valence-corrected chi connectivity index (χ4v) is 2.70. The Morgan fingerprint density at radius 2 is 2.18 bits per heavy atom. The predicted molar refractivity (Wildman–Crippen MR) is 88.3 cm³/mol. The molecule has 0 bridgehead atoms. The van der Waals surface area contributed by atoms with E-state index >= 15 is 0 Å². The lowest BCUT2D eigenvalue weighted by Gasteiger charge is -2.10. The quantitative estimate of drug-likeness (QED) is 0.812. The Morgan fingerprint density at radius 3 is 2.86 bits per heavy atom. The van der Waals surface area contributed by atoms with Gasteiger partial charge in [0.25, 0.3) is 0 Å². The van der Waals surface area contributed by atoms with Gasteiger partial charge in [0.2, 0.25) is 5.91 Å². The third kappa shape index (κ3) is 5.20. The summed E-state index contributed by atoms with van der Waals surface area (Å²) in [7, 11) is -0.925. The first-order valence-electron chi connectivity index (χ1n) is 6.66. The van der Waals surface area contributed by atoms with Crippen LogP contribution in [0.1, 0.15) is 11.3 Å². The van der Waals surface area contributed by atoms with Gasteiger partial charge >= 0.3 is 0 Å². The first-order chi connectivity index (χ1) is 10.5. The Hall–Kier alpha value is -1.79. The molecule has 1 aromatic heterocycles. The number of hydrogen-bond donors (Lipinski definition) is 2. The Labute approximate surface area is 136 Å². The van der Waals surface area contributed by atoms with Crippen LogP contribution >= 0.6 is 11.6 Å². The van der Waals surface area contributed by atoms with E-state index in [-0.39, 0.29) is 12.5 Å². The Morgan fingerprint density at radius 1 is 1.36 bits per heavy atom. The molecule has 2 aromatic rings. The van der Waals surface area contributed by atoms with Crippen LogP contribution in [0, 0.1) is 0 Å². The second kappa shape index (κ2) is 8.00. The van der Waals surface area contributed by atoms with E-state index in [1.165, 1.54) is 0 Å². The largest absolute Gasteiger partial charge is 0.467 e. The maximum Gasteiger partial charge on any atom is 0.239 e. The molecule has 0 fully saturated rings. The molecular weight excluding hydrogens is 324 g/mol. The minimum Gasteiger partial charge on any atom is -0.467 e. The molecule has 2 N–H and O–H groups in total. The lowest BCUT2D eigenvalue weighted by molar-refractivity contribution is -0.119. The van der Waals surface area contributed by atoms with Crippen molar-refractivity contribution >= 4 is 34.0 Å². The van der Waals surface area contributed by atoms with E-state index in [2.05, 4.69) is 10.6 Å². The van der Waals surface area contributed by atoms with Crippen LogP contribution in [0.3, 0.4) is 0 Å². The first-order valence-corrected chi connectivity index (χ1v) is 8.76. The zero-order chi connectivity index (χ0) is 15.9. The van der Waals surface area contributed by atoms with Crippen molar-refractivity contribution < 1.29 is 13.4 Å². The second-order valence-corrected chi connectivity index (χ2v) is 6.58. The van der Waals surface area contributed by atoms with Crippen molar-refractivity contribution in [1.82, 2.24) is 5.32 Å². The lowest BCUT2D eigenvalue weighted by atomic mass is 10.2. The summed E-state index contributed by atoms with van der Waals surface area (Å²) < 4.78 is 16.4. The van der Waals surface area contributed by atoms with Crippen molar-refractivity contribution in [3.05, 3.63) is 52.9 Å². The van der Waals surface area contributed by atoms with Gasteiger partial charge < -0.3 is 15.1 Å². The first kappa shape index (κ1) is 16.6. The molecule has 22 heavy (non-hydrogen) atoms. The highest BCUT2D eigenvalue weighted by Gasteiger charge is 2.06. The number of hydrogen-bond acceptors (Lipinski definition) is 4. The van der Waals surface area contributed by atoms with Crippen LogP contribution in [0.25, 0.3) is 0 Å². The van der Waals surface area contributed by atoms with Crippen molar-refractivity contribution in [1.29, 1.82) is 0 Å². The van der Waals surface area contributed by atoms with Gasteiger partial charge in [0.1, 0.15) is 5.76 Å². The maximum absolute atomic E-state index is 11.8. The van der Waals surface area contributed by atoms with Crippen molar-refractivity contribution in [3.8, 4) is 0 Å². The molecule has 1 unspecified atom stereocenters. The number of nitrogens with one attached hydrogen (secondary N) is 2. The minimum atomic E-state index is -0.925. The fourth-order valence-electron chi connectivity index (χ4n) is 1.87. The molecular formula is C15H17ClN2O3S. The van der Waals surface area contributed by atoms with Gasteiger partial charge in [-0.3, -0.25) is 9.00 Å². The summed E-state index contributed by atoms with van der Waals surface area (Å²) in [5, 5.41) is 6.24. The number of benzene rings is 1. The van der Waals surface area contributed by atoms with Crippen LogP contribution in [-0.2, 0) is 27.9 Å². The SMILES string of the molecule is CS(=O)Cc1ccc(Cl)c(NCC(=O)NCc2ccco2)c1. The number of amides is 1. The summed E-state index contributed by atoms with van der Waals surface area (Å²) in [6.07, 6.45) is 3.20. The molecule has 7 heteroatoms. The smallest absolute Gasteiger partial charge is 0.239 e. The summed E-state index contributed by atoms with van der Waals surface area (Å²) >= 11 is 6.09. The summed E-state index contributed by atoms with van der Waals surface area (Å²) in [5.41, 5.74) is 1.56. The number of furan rings is 1. The van der Waals surface area contributed by atoms with Crippen LogP contribution in [0.5, 0.6) is 0 Å². The van der Waals surface area contributed by atoms with E-state index in [0.29, 0.717) is 28.8 Å². The average Bonchev–Trinajstić information content (AvgIpc) is 2.98. The van der Waals surface area contributed by atoms with E-state index in [9.17, 15) is 9.00 Å². The Kier molecular flexibility index (Phi) is 6.03. The number of anilines is 1. The van der Waals surface area contributed by atoms with Gasteiger partial charge in [-0.25, -0.2) is 0 Å². The van der Waals surface area contributed by atoms with E-state index in [1.54, 1.807) is 30.7 Å². The molecule has 1 atom stereocenters. The number of halogens is 1. The van der Waals surface area contributed by atoms with Gasteiger partial charge in [-0.15, -0.1) is 0 Å². The van der Waals surface area contributed by atoms with Crippen LogP contribution in [0.4, 0.5) is 5.69 Å². The summed E-state index contributed by atoms with van der Waals surface area (Å²) in [5.74, 6) is 0.979. The molecule has 1 amide bonds. The highest BCUT2D eigenvalue weighted by Crippen LogP contribution is 2.23. The zero-order valence-electron chi connectivity index (χ0n) is 12.1. The predicted octanol–water partition coefficient (Wildman–Crippen LogP) is 2.54. The van der Waals surface area contributed by atoms with Gasteiger partial charge in [0, 0.05) is 22.8 Å². The number of rotatable bonds is 7. The standard InChI is InChI=1S/C15H17ClN2O3S/c1-22(20)10-11-4-5-13(16)14(7-11)17-9-15(19)18-8-12-3-2-6-21-12/h2-7,17H,8-10H2,1H3,(H,18,19). The van der Waals surface area contributed by atoms with E-state index < -0.39 is 10.8 Å². The summed E-state index contributed by atoms with van der Waals surface area (Å²) in [6, 6.07) is 8.92. The average molecular weight is 341 g/mol. The van der Waals surface area contributed by atoms with Crippen molar-refractivity contribution in [2.24, 2.45) is 0 Å². The van der Waals surface area contributed by atoms with Crippen molar-refractivity contribution in [3.63, 3.8) is 0 Å². The molecule has 0 aliphatic heterocycles. The van der Waals surface area contributed by atoms with Crippen molar-refractivity contribution in [2.75, 3.05) is 18.1 Å². The maximum atomic E-state index is 11.8. The van der Waals surface area contributed by atoms with Crippen LogP contribution < -0.4 is 10.6 Å². The van der Waals surface area contributed by atoms with E-state index in [1.807, 2.05) is 12.1 Å². The highest BCUT2D eigenvalue weighted by molar-refractivity contribution is 7.83. The summed E-state index contributed by atoms with van der Waals surface area (Å²) in [6.45, 7) is 0.440. The van der Waals surface area contributed by atoms with E-state index in [0.717, 1.165) is 5.56 Å². The van der Waals surface area contributed by atoms with Crippen LogP contribution in [-0.4, -0.2) is 22.9 Å². The Bertz CT molecular complexity index is 659. The molecule has 5 nitrogen and oxygen atoms in total. The molecule has 0 spiro atoms. The zero-order valence-corrected chi connectivity index (χ0v) is 13.7. The topological polar surface area (TPSA) is 71.3 Å². The van der Waals surface area contributed by atoms with Crippen LogP contribution in [0.2, 0.25) is 5.02 Å². The molecule has 0 saturated carbocycles. The normalized spacial score (nSPS) is 11.9. The third-order valence-electron chi connectivity index (χ3n) is 2.88. The fraction of sp³-hybridized carbons (Fsp3) is 0.267. The van der Waals surface area contributed by atoms with Crippen molar-refractivity contribution in [2.45, 2.75) is 12.3 Å². The monoisotopic (exact) mass is 340 g/mol. The number of carbonyl (C=O) groups is 1. The molecule has 0 aliphatic rings. The minimum absolute atomic E-state index is 0.0963. The van der Waals surface area contributed by atoms with Gasteiger partial charge in [0.05, 0.1) is 30.1 Å². The number of carbonyl (C=O) groups excluding carboxylic acids is 1. The molecule has 0 aliphatic carbocycles. The second-order valence-electron chi connectivity index (χ2n) is 4.74. The molecule has 118 valence electrons. The van der Waals surface area contributed by atoms with Gasteiger partial charge in [-0.2, -0.15) is 0 Å². The molecule has 2 rings (SSSR count).